The van der Waals surface area contributed by atoms with Crippen molar-refractivity contribution in [3.8, 4) is 0 Å². The molecule has 9 heteroatoms. The van der Waals surface area contributed by atoms with E-state index in [-0.39, 0.29) is 30.0 Å². The second kappa shape index (κ2) is 8.35. The third-order valence-corrected chi connectivity index (χ3v) is 6.46. The highest BCUT2D eigenvalue weighted by molar-refractivity contribution is 7.91. The molecule has 0 spiro atoms. The number of unbranched alkanes of at least 4 members (excludes halogenated alkanes) is 2. The topological polar surface area (TPSA) is 90.0 Å². The fourth-order valence-electron chi connectivity index (χ4n) is 3.55. The van der Waals surface area contributed by atoms with Crippen molar-refractivity contribution in [1.82, 2.24) is 20.0 Å². The monoisotopic (exact) mass is 374 g/mol. The summed E-state index contributed by atoms with van der Waals surface area (Å²) in [7, 11) is 0.364. The molecule has 3 amide bonds. The number of carbonyl (C=O) groups is 2. The van der Waals surface area contributed by atoms with Crippen molar-refractivity contribution in [2.24, 2.45) is 0 Å². The maximum absolute atomic E-state index is 12.5. The van der Waals surface area contributed by atoms with Gasteiger partial charge in [0.1, 0.15) is 0 Å². The zero-order valence-electron chi connectivity index (χ0n) is 15.4. The first-order valence-electron chi connectivity index (χ1n) is 8.94. The first-order chi connectivity index (χ1) is 11.7. The van der Waals surface area contributed by atoms with E-state index in [2.05, 4.69) is 12.2 Å². The number of fused-ring (bicyclic) bond motifs is 1. The molecule has 0 aromatic rings. The molecule has 25 heavy (non-hydrogen) atoms. The van der Waals surface area contributed by atoms with Gasteiger partial charge < -0.3 is 20.0 Å². The lowest BCUT2D eigenvalue weighted by molar-refractivity contribution is -0.136. The Labute approximate surface area is 150 Å². The van der Waals surface area contributed by atoms with Crippen LogP contribution < -0.4 is 5.32 Å². The van der Waals surface area contributed by atoms with E-state index < -0.39 is 21.9 Å². The van der Waals surface area contributed by atoms with Crippen molar-refractivity contribution in [2.45, 2.75) is 38.3 Å². The van der Waals surface area contributed by atoms with E-state index in [0.29, 0.717) is 19.6 Å². The van der Waals surface area contributed by atoms with E-state index in [0.717, 1.165) is 19.3 Å². The number of carbonyl (C=O) groups excluding carboxylic acids is 2. The van der Waals surface area contributed by atoms with Crippen LogP contribution in [0.25, 0.3) is 0 Å². The van der Waals surface area contributed by atoms with Gasteiger partial charge in [-0.1, -0.05) is 19.8 Å². The third-order valence-electron chi connectivity index (χ3n) is 4.77. The van der Waals surface area contributed by atoms with E-state index in [1.807, 2.05) is 0 Å². The van der Waals surface area contributed by atoms with Gasteiger partial charge in [-0.15, -0.1) is 0 Å². The summed E-state index contributed by atoms with van der Waals surface area (Å²) in [6, 6.07) is -1.11. The van der Waals surface area contributed by atoms with Crippen molar-refractivity contribution >= 4 is 21.8 Å². The largest absolute Gasteiger partial charge is 0.338 e. The lowest BCUT2D eigenvalue weighted by Crippen LogP contribution is -2.64. The summed E-state index contributed by atoms with van der Waals surface area (Å²) in [5.74, 6) is -0.206. The zero-order chi connectivity index (χ0) is 18.6. The van der Waals surface area contributed by atoms with Crippen molar-refractivity contribution in [1.29, 1.82) is 0 Å². The summed E-state index contributed by atoms with van der Waals surface area (Å²) in [6.07, 6.45) is 3.04. The molecule has 0 aliphatic carbocycles. The number of nitrogens with one attached hydrogen (secondary N) is 1. The molecule has 2 aliphatic heterocycles. The molecular weight excluding hydrogens is 344 g/mol. The Hall–Kier alpha value is -1.35. The van der Waals surface area contributed by atoms with Crippen LogP contribution >= 0.6 is 0 Å². The van der Waals surface area contributed by atoms with E-state index in [4.69, 9.17) is 0 Å². The van der Waals surface area contributed by atoms with Crippen molar-refractivity contribution < 1.29 is 18.0 Å². The molecule has 0 unspecified atom stereocenters. The Morgan fingerprint density at radius 3 is 2.28 bits per heavy atom. The normalized spacial score (nSPS) is 25.1. The molecule has 1 N–H and O–H groups in total. The van der Waals surface area contributed by atoms with Gasteiger partial charge in [0.25, 0.3) is 0 Å². The van der Waals surface area contributed by atoms with E-state index in [1.165, 1.54) is 0 Å². The van der Waals surface area contributed by atoms with E-state index in [9.17, 15) is 18.0 Å². The predicted molar refractivity (Wildman–Crippen MR) is 96.1 cm³/mol. The summed E-state index contributed by atoms with van der Waals surface area (Å²) < 4.78 is 24.3. The SMILES string of the molecule is CCCCCNC(=O)N1CCN(C(=O)CN(C)C)[C@H]2CS(=O)(=O)C[C@H]21. The Bertz CT molecular complexity index is 593. The number of rotatable bonds is 6. The lowest BCUT2D eigenvalue weighted by atomic mass is 10.0. The molecule has 0 bridgehead atoms. The number of hydrogen-bond donors (Lipinski definition) is 1. The van der Waals surface area contributed by atoms with Gasteiger partial charge in [-0.2, -0.15) is 0 Å². The van der Waals surface area contributed by atoms with Crippen LogP contribution in [0.1, 0.15) is 26.2 Å². The van der Waals surface area contributed by atoms with Crippen LogP contribution in [0.5, 0.6) is 0 Å². The van der Waals surface area contributed by atoms with Crippen LogP contribution in [0.15, 0.2) is 0 Å². The van der Waals surface area contributed by atoms with E-state index >= 15 is 0 Å². The molecule has 2 heterocycles. The van der Waals surface area contributed by atoms with Crippen molar-refractivity contribution in [3.05, 3.63) is 0 Å². The number of urea groups is 1. The molecule has 0 saturated carbocycles. The molecule has 2 aliphatic rings. The molecule has 8 nitrogen and oxygen atoms in total. The minimum atomic E-state index is -3.25. The van der Waals surface area contributed by atoms with Crippen LogP contribution in [0, 0.1) is 0 Å². The van der Waals surface area contributed by atoms with Gasteiger partial charge in [0.05, 0.1) is 30.1 Å². The zero-order valence-corrected chi connectivity index (χ0v) is 16.2. The van der Waals surface area contributed by atoms with Crippen molar-refractivity contribution in [2.75, 3.05) is 51.8 Å². The Balaban J connectivity index is 2.06. The molecule has 0 aromatic carbocycles. The number of piperazine rings is 1. The lowest BCUT2D eigenvalue weighted by Gasteiger charge is -2.44. The highest BCUT2D eigenvalue weighted by atomic mass is 32.2. The highest BCUT2D eigenvalue weighted by Crippen LogP contribution is 2.27. The predicted octanol–water partition coefficient (Wildman–Crippen LogP) is -0.242. The number of nitrogens with zero attached hydrogens (tertiary/aromatic N) is 3. The second-order valence-corrected chi connectivity index (χ2v) is 9.32. The number of hydrogen-bond acceptors (Lipinski definition) is 5. The summed E-state index contributed by atoms with van der Waals surface area (Å²) in [5, 5.41) is 2.88. The van der Waals surface area contributed by atoms with Crippen LogP contribution in [0.3, 0.4) is 0 Å². The van der Waals surface area contributed by atoms with Crippen LogP contribution in [-0.4, -0.2) is 98.9 Å². The van der Waals surface area contributed by atoms with Crippen molar-refractivity contribution in [3.63, 3.8) is 0 Å². The maximum atomic E-state index is 12.5. The van der Waals surface area contributed by atoms with Crippen LogP contribution in [0.2, 0.25) is 0 Å². The third kappa shape index (κ3) is 5.07. The average Bonchev–Trinajstić information content (AvgIpc) is 2.84. The first kappa shape index (κ1) is 20.0. The number of amides is 3. The summed E-state index contributed by atoms with van der Waals surface area (Å²) in [6.45, 7) is 3.68. The molecule has 2 saturated heterocycles. The molecule has 144 valence electrons. The van der Waals surface area contributed by atoms with Gasteiger partial charge in [0, 0.05) is 19.6 Å². The van der Waals surface area contributed by atoms with Gasteiger partial charge in [-0.25, -0.2) is 13.2 Å². The summed E-state index contributed by atoms with van der Waals surface area (Å²) in [5.41, 5.74) is 0. The Morgan fingerprint density at radius 2 is 1.68 bits per heavy atom. The Morgan fingerprint density at radius 1 is 1.08 bits per heavy atom. The Kier molecular flexibility index (Phi) is 6.67. The fourth-order valence-corrected chi connectivity index (χ4v) is 5.53. The number of likely N-dealkylation sites (N-methyl/N-ethyl adjacent to an activating group) is 1. The standard InChI is InChI=1S/C16H30N4O4S/c1-4-5-6-7-17-16(22)20-9-8-19(15(21)10-18(2)3)13-11-25(23,24)12-14(13)20/h13-14H,4-12H2,1-3H3,(H,17,22)/t13-,14+/m0/s1. The van der Waals surface area contributed by atoms with Gasteiger partial charge >= 0.3 is 6.03 Å². The first-order valence-corrected chi connectivity index (χ1v) is 10.8. The maximum Gasteiger partial charge on any atom is 0.317 e. The van der Waals surface area contributed by atoms with Crippen LogP contribution in [-0.2, 0) is 14.6 Å². The molecular formula is C16H30N4O4S. The smallest absolute Gasteiger partial charge is 0.317 e. The fraction of sp³-hybridized carbons (Fsp3) is 0.875. The molecule has 2 atom stereocenters. The quantitative estimate of drug-likeness (QED) is 0.648. The molecule has 2 rings (SSSR count). The highest BCUT2D eigenvalue weighted by Gasteiger charge is 2.49. The van der Waals surface area contributed by atoms with Gasteiger partial charge in [0.2, 0.25) is 5.91 Å². The minimum Gasteiger partial charge on any atom is -0.338 e. The van der Waals surface area contributed by atoms with Gasteiger partial charge in [0.15, 0.2) is 9.84 Å². The molecule has 2 fully saturated rings. The number of sulfone groups is 1. The molecule has 0 radical (unpaired) electrons. The van der Waals surface area contributed by atoms with E-state index in [1.54, 1.807) is 28.8 Å². The van der Waals surface area contributed by atoms with Crippen LogP contribution in [0.4, 0.5) is 4.79 Å². The molecule has 0 aromatic heterocycles. The van der Waals surface area contributed by atoms with Gasteiger partial charge in [-0.05, 0) is 20.5 Å². The summed E-state index contributed by atoms with van der Waals surface area (Å²) >= 11 is 0. The minimum absolute atomic E-state index is 0.0591. The van der Waals surface area contributed by atoms with Gasteiger partial charge in [-0.3, -0.25) is 4.79 Å². The average molecular weight is 375 g/mol. The second-order valence-electron chi connectivity index (χ2n) is 7.17. The summed E-state index contributed by atoms with van der Waals surface area (Å²) in [4.78, 5) is 30.0.